The van der Waals surface area contributed by atoms with E-state index in [9.17, 15) is 0 Å². The third-order valence-corrected chi connectivity index (χ3v) is 4.11. The molecule has 1 saturated heterocycles. The summed E-state index contributed by atoms with van der Waals surface area (Å²) in [6.45, 7) is 5.79. The maximum absolute atomic E-state index is 5.22. The van der Waals surface area contributed by atoms with E-state index in [1.54, 1.807) is 7.11 Å². The van der Waals surface area contributed by atoms with Crippen LogP contribution in [0.5, 0.6) is 5.75 Å². The van der Waals surface area contributed by atoms with Gasteiger partial charge in [-0.2, -0.15) is 5.10 Å². The van der Waals surface area contributed by atoms with Gasteiger partial charge in [0.15, 0.2) is 11.5 Å². The highest BCUT2D eigenvalue weighted by atomic mass is 16.5. The van der Waals surface area contributed by atoms with Gasteiger partial charge in [-0.3, -0.25) is 0 Å². The molecule has 5 heteroatoms. The maximum atomic E-state index is 5.22. The molecule has 0 spiro atoms. The van der Waals surface area contributed by atoms with E-state index in [1.165, 1.54) is 25.9 Å². The second-order valence-electron chi connectivity index (χ2n) is 5.50. The minimum Gasteiger partial charge on any atom is -0.497 e. The van der Waals surface area contributed by atoms with Crippen molar-refractivity contribution >= 4 is 5.65 Å². The van der Waals surface area contributed by atoms with Crippen molar-refractivity contribution < 1.29 is 4.74 Å². The van der Waals surface area contributed by atoms with E-state index in [4.69, 9.17) is 4.74 Å². The van der Waals surface area contributed by atoms with Crippen LogP contribution in [0.4, 0.5) is 0 Å². The first-order chi connectivity index (χ1) is 9.78. The zero-order chi connectivity index (χ0) is 13.9. The number of likely N-dealkylation sites (tertiary alicyclic amines) is 1. The highest BCUT2D eigenvalue weighted by Gasteiger charge is 2.20. The fourth-order valence-electron chi connectivity index (χ4n) is 2.99. The lowest BCUT2D eigenvalue weighted by molar-refractivity contribution is 0.181. The van der Waals surface area contributed by atoms with Gasteiger partial charge >= 0.3 is 0 Å². The fraction of sp³-hybridized carbons (Fsp3) is 0.600. The first-order valence-electron chi connectivity index (χ1n) is 7.40. The predicted octanol–water partition coefficient (Wildman–Crippen LogP) is 2.01. The van der Waals surface area contributed by atoms with Crippen LogP contribution in [-0.4, -0.2) is 46.2 Å². The number of pyridine rings is 1. The van der Waals surface area contributed by atoms with Gasteiger partial charge in [-0.1, -0.05) is 6.92 Å². The minimum atomic E-state index is 0.683. The second kappa shape index (κ2) is 5.79. The molecule has 0 N–H and O–H groups in total. The van der Waals surface area contributed by atoms with Gasteiger partial charge in [-0.05, 0) is 37.9 Å². The Morgan fingerprint density at radius 3 is 3.15 bits per heavy atom. The van der Waals surface area contributed by atoms with Crippen molar-refractivity contribution in [1.82, 2.24) is 19.5 Å². The number of methoxy groups -OCH3 is 1. The second-order valence-corrected chi connectivity index (χ2v) is 5.50. The van der Waals surface area contributed by atoms with Crippen molar-refractivity contribution in [1.29, 1.82) is 0 Å². The lowest BCUT2D eigenvalue weighted by Crippen LogP contribution is -2.36. The van der Waals surface area contributed by atoms with Gasteiger partial charge in [0, 0.05) is 25.2 Å². The normalized spacial score (nSPS) is 20.4. The smallest absolute Gasteiger partial charge is 0.159 e. The molecule has 1 fully saturated rings. The summed E-state index contributed by atoms with van der Waals surface area (Å²) in [5.41, 5.74) is 0.863. The van der Waals surface area contributed by atoms with Gasteiger partial charge in [0.2, 0.25) is 0 Å². The van der Waals surface area contributed by atoms with Crippen LogP contribution in [0.1, 0.15) is 25.6 Å². The number of nitrogens with zero attached hydrogens (tertiary/aromatic N) is 4. The zero-order valence-corrected chi connectivity index (χ0v) is 12.2. The fourth-order valence-corrected chi connectivity index (χ4v) is 2.99. The minimum absolute atomic E-state index is 0.683. The van der Waals surface area contributed by atoms with Crippen molar-refractivity contribution in [2.45, 2.75) is 26.2 Å². The molecule has 1 unspecified atom stereocenters. The molecule has 2 aromatic rings. The summed E-state index contributed by atoms with van der Waals surface area (Å²) in [5, 5.41) is 4.56. The molecule has 2 aromatic heterocycles. The van der Waals surface area contributed by atoms with E-state index in [1.807, 2.05) is 22.8 Å². The van der Waals surface area contributed by atoms with Crippen LogP contribution in [0.15, 0.2) is 18.3 Å². The molecule has 0 radical (unpaired) electrons. The lowest BCUT2D eigenvalue weighted by atomic mass is 9.94. The molecule has 3 heterocycles. The average molecular weight is 274 g/mol. The van der Waals surface area contributed by atoms with Crippen LogP contribution < -0.4 is 4.74 Å². The number of hydrogen-bond acceptors (Lipinski definition) is 4. The monoisotopic (exact) mass is 274 g/mol. The molecule has 0 amide bonds. The standard InChI is InChI=1S/C15H22N4O/c1-3-18-7-4-5-12(11-18)9-14-16-15-10-13(20-2)6-8-19(15)17-14/h6,8,10,12H,3-5,7,9,11H2,1-2H3. The van der Waals surface area contributed by atoms with Crippen LogP contribution >= 0.6 is 0 Å². The van der Waals surface area contributed by atoms with E-state index in [-0.39, 0.29) is 0 Å². The third kappa shape index (κ3) is 2.77. The lowest BCUT2D eigenvalue weighted by Gasteiger charge is -2.31. The topological polar surface area (TPSA) is 42.7 Å². The summed E-state index contributed by atoms with van der Waals surface area (Å²) in [6, 6.07) is 3.83. The molecule has 1 aliphatic rings. The summed E-state index contributed by atoms with van der Waals surface area (Å²) in [5.74, 6) is 2.45. The number of hydrogen-bond donors (Lipinski definition) is 0. The predicted molar refractivity (Wildman–Crippen MR) is 78.1 cm³/mol. The summed E-state index contributed by atoms with van der Waals surface area (Å²) in [4.78, 5) is 7.14. The number of rotatable bonds is 4. The Kier molecular flexibility index (Phi) is 3.87. The Bertz CT molecular complexity index is 580. The van der Waals surface area contributed by atoms with E-state index in [0.29, 0.717) is 5.92 Å². The van der Waals surface area contributed by atoms with Crippen LogP contribution in [0.25, 0.3) is 5.65 Å². The van der Waals surface area contributed by atoms with E-state index < -0.39 is 0 Å². The summed E-state index contributed by atoms with van der Waals surface area (Å²) >= 11 is 0. The van der Waals surface area contributed by atoms with Crippen LogP contribution in [-0.2, 0) is 6.42 Å². The molecule has 0 saturated carbocycles. The highest BCUT2D eigenvalue weighted by Crippen LogP contribution is 2.20. The molecule has 0 bridgehead atoms. The molecule has 0 aromatic carbocycles. The van der Waals surface area contributed by atoms with E-state index >= 15 is 0 Å². The number of ether oxygens (including phenoxy) is 1. The number of aromatic nitrogens is 3. The Balaban J connectivity index is 1.74. The first kappa shape index (κ1) is 13.4. The third-order valence-electron chi connectivity index (χ3n) is 4.11. The Labute approximate surface area is 119 Å². The Morgan fingerprint density at radius 1 is 1.45 bits per heavy atom. The number of fused-ring (bicyclic) bond motifs is 1. The van der Waals surface area contributed by atoms with E-state index in [2.05, 4.69) is 21.9 Å². The molecular formula is C15H22N4O. The van der Waals surface area contributed by atoms with Gasteiger partial charge in [-0.15, -0.1) is 0 Å². The van der Waals surface area contributed by atoms with Gasteiger partial charge < -0.3 is 9.64 Å². The van der Waals surface area contributed by atoms with Gasteiger partial charge in [0.25, 0.3) is 0 Å². The number of piperidine rings is 1. The first-order valence-corrected chi connectivity index (χ1v) is 7.40. The average Bonchev–Trinajstić information content (AvgIpc) is 2.88. The van der Waals surface area contributed by atoms with Crippen molar-refractivity contribution in [3.05, 3.63) is 24.2 Å². The maximum Gasteiger partial charge on any atom is 0.159 e. The van der Waals surface area contributed by atoms with Crippen molar-refractivity contribution in [3.63, 3.8) is 0 Å². The molecule has 20 heavy (non-hydrogen) atoms. The van der Waals surface area contributed by atoms with Gasteiger partial charge in [0.1, 0.15) is 5.75 Å². The Hall–Kier alpha value is -1.62. The molecule has 108 valence electrons. The van der Waals surface area contributed by atoms with E-state index in [0.717, 1.165) is 30.2 Å². The molecular weight excluding hydrogens is 252 g/mol. The zero-order valence-electron chi connectivity index (χ0n) is 12.2. The quantitative estimate of drug-likeness (QED) is 0.855. The van der Waals surface area contributed by atoms with Crippen molar-refractivity contribution in [2.24, 2.45) is 5.92 Å². The largest absolute Gasteiger partial charge is 0.497 e. The highest BCUT2D eigenvalue weighted by molar-refractivity contribution is 5.43. The van der Waals surface area contributed by atoms with Crippen molar-refractivity contribution in [2.75, 3.05) is 26.7 Å². The molecule has 1 atom stereocenters. The van der Waals surface area contributed by atoms with Gasteiger partial charge in [-0.25, -0.2) is 9.50 Å². The van der Waals surface area contributed by atoms with Crippen LogP contribution in [0, 0.1) is 5.92 Å². The summed E-state index contributed by atoms with van der Waals surface area (Å²) in [7, 11) is 1.67. The Morgan fingerprint density at radius 2 is 2.35 bits per heavy atom. The molecule has 0 aliphatic carbocycles. The molecule has 5 nitrogen and oxygen atoms in total. The van der Waals surface area contributed by atoms with Crippen molar-refractivity contribution in [3.8, 4) is 5.75 Å². The SMILES string of the molecule is CCN1CCCC(Cc2nc3cc(OC)ccn3n2)C1. The molecule has 1 aliphatic heterocycles. The van der Waals surface area contributed by atoms with Crippen LogP contribution in [0.2, 0.25) is 0 Å². The molecule has 3 rings (SSSR count). The summed E-state index contributed by atoms with van der Waals surface area (Å²) in [6.07, 6.45) is 5.46. The summed E-state index contributed by atoms with van der Waals surface area (Å²) < 4.78 is 7.05. The van der Waals surface area contributed by atoms with Crippen LogP contribution in [0.3, 0.4) is 0 Å². The van der Waals surface area contributed by atoms with Gasteiger partial charge in [0.05, 0.1) is 7.11 Å².